The van der Waals surface area contributed by atoms with Gasteiger partial charge in [-0.2, -0.15) is 0 Å². The van der Waals surface area contributed by atoms with Crippen LogP contribution >= 0.6 is 0 Å². The molecule has 0 rings (SSSR count). The van der Waals surface area contributed by atoms with E-state index in [1.165, 1.54) is 6.92 Å². The van der Waals surface area contributed by atoms with Crippen LogP contribution in [0.1, 0.15) is 27.2 Å². The molecule has 0 fully saturated rings. The minimum Gasteiger partial charge on any atom is -0.481 e. The number of amides is 2. The monoisotopic (exact) mass is 246 g/mol. The standard InChI is InChI=1S/C10H18N2O5/c1-6(2)10(3,9(15)16)4-8(14)12-17-5-7(11)13/h6H,4-5H2,1-3H3,(H2,11,13)(H,12,14)(H,15,16). The Kier molecular flexibility index (Phi) is 5.60. The number of rotatable bonds is 7. The van der Waals surface area contributed by atoms with E-state index in [0.717, 1.165) is 0 Å². The van der Waals surface area contributed by atoms with Crippen LogP contribution in [-0.2, 0) is 19.2 Å². The molecule has 0 spiro atoms. The lowest BCUT2D eigenvalue weighted by atomic mass is 9.76. The van der Waals surface area contributed by atoms with Gasteiger partial charge in [0.2, 0.25) is 11.8 Å². The molecule has 1 unspecified atom stereocenters. The number of aliphatic carboxylic acids is 1. The molecule has 0 heterocycles. The molecule has 2 amide bonds. The van der Waals surface area contributed by atoms with Crippen molar-refractivity contribution in [3.63, 3.8) is 0 Å². The Hall–Kier alpha value is -1.63. The summed E-state index contributed by atoms with van der Waals surface area (Å²) in [4.78, 5) is 37.3. The number of hydrogen-bond acceptors (Lipinski definition) is 4. The number of primary amides is 1. The highest BCUT2D eigenvalue weighted by Gasteiger charge is 2.38. The summed E-state index contributed by atoms with van der Waals surface area (Å²) in [6.07, 6.45) is -0.237. The number of nitrogens with two attached hydrogens (primary N) is 1. The van der Waals surface area contributed by atoms with Gasteiger partial charge in [0.1, 0.15) is 0 Å². The third kappa shape index (κ3) is 4.81. The van der Waals surface area contributed by atoms with Crippen LogP contribution in [0.25, 0.3) is 0 Å². The third-order valence-electron chi connectivity index (χ3n) is 2.69. The van der Waals surface area contributed by atoms with Crippen LogP contribution in [0.3, 0.4) is 0 Å². The molecule has 7 nitrogen and oxygen atoms in total. The molecule has 0 aliphatic heterocycles. The van der Waals surface area contributed by atoms with E-state index in [2.05, 4.69) is 4.84 Å². The molecule has 0 aromatic rings. The van der Waals surface area contributed by atoms with Gasteiger partial charge in [-0.3, -0.25) is 19.2 Å². The highest BCUT2D eigenvalue weighted by Crippen LogP contribution is 2.31. The number of hydroxylamine groups is 1. The van der Waals surface area contributed by atoms with Crippen molar-refractivity contribution in [3.8, 4) is 0 Å². The lowest BCUT2D eigenvalue weighted by Crippen LogP contribution is -2.39. The molecule has 17 heavy (non-hydrogen) atoms. The molecule has 0 aromatic heterocycles. The Bertz CT molecular complexity index is 316. The number of carbonyl (C=O) groups excluding carboxylic acids is 2. The van der Waals surface area contributed by atoms with E-state index in [9.17, 15) is 14.4 Å². The summed E-state index contributed by atoms with van der Waals surface area (Å²) >= 11 is 0. The predicted octanol–water partition coefficient (Wildman–Crippen LogP) is -0.343. The summed E-state index contributed by atoms with van der Waals surface area (Å²) in [5.74, 6) is -2.61. The maximum absolute atomic E-state index is 11.4. The summed E-state index contributed by atoms with van der Waals surface area (Å²) in [7, 11) is 0. The number of carboxylic acids is 1. The summed E-state index contributed by atoms with van der Waals surface area (Å²) in [5, 5.41) is 9.07. The quantitative estimate of drug-likeness (QED) is 0.531. The van der Waals surface area contributed by atoms with Gasteiger partial charge in [0.15, 0.2) is 6.61 Å². The molecule has 0 saturated carbocycles. The van der Waals surface area contributed by atoms with Gasteiger partial charge in [0.25, 0.3) is 0 Å². The molecule has 0 aliphatic rings. The van der Waals surface area contributed by atoms with Gasteiger partial charge in [-0.05, 0) is 12.8 Å². The molecule has 98 valence electrons. The normalized spacial score (nSPS) is 14.1. The van der Waals surface area contributed by atoms with Gasteiger partial charge < -0.3 is 10.8 Å². The third-order valence-corrected chi connectivity index (χ3v) is 2.69. The topological polar surface area (TPSA) is 119 Å². The summed E-state index contributed by atoms with van der Waals surface area (Å²) in [6, 6.07) is 0. The van der Waals surface area contributed by atoms with E-state index in [1.54, 1.807) is 13.8 Å². The Morgan fingerprint density at radius 1 is 1.41 bits per heavy atom. The van der Waals surface area contributed by atoms with Crippen LogP contribution in [0.15, 0.2) is 0 Å². The molecule has 4 N–H and O–H groups in total. The highest BCUT2D eigenvalue weighted by atomic mass is 16.7. The maximum Gasteiger partial charge on any atom is 0.310 e. The van der Waals surface area contributed by atoms with E-state index in [-0.39, 0.29) is 12.3 Å². The van der Waals surface area contributed by atoms with Crippen LogP contribution < -0.4 is 11.2 Å². The van der Waals surface area contributed by atoms with Crippen molar-refractivity contribution in [2.24, 2.45) is 17.1 Å². The Morgan fingerprint density at radius 3 is 2.29 bits per heavy atom. The van der Waals surface area contributed by atoms with Crippen molar-refractivity contribution in [2.75, 3.05) is 6.61 Å². The molecular weight excluding hydrogens is 228 g/mol. The number of carbonyl (C=O) groups is 3. The second kappa shape index (κ2) is 6.19. The summed E-state index contributed by atoms with van der Waals surface area (Å²) in [6.45, 7) is 4.46. The van der Waals surface area contributed by atoms with Crippen molar-refractivity contribution in [2.45, 2.75) is 27.2 Å². The van der Waals surface area contributed by atoms with Crippen molar-refractivity contribution in [1.82, 2.24) is 5.48 Å². The van der Waals surface area contributed by atoms with Gasteiger partial charge in [-0.25, -0.2) is 5.48 Å². The van der Waals surface area contributed by atoms with Gasteiger partial charge in [0.05, 0.1) is 5.41 Å². The zero-order valence-corrected chi connectivity index (χ0v) is 10.1. The summed E-state index contributed by atoms with van der Waals surface area (Å²) < 4.78 is 0. The molecule has 0 bridgehead atoms. The van der Waals surface area contributed by atoms with E-state index >= 15 is 0 Å². The zero-order chi connectivity index (χ0) is 13.6. The first-order valence-corrected chi connectivity index (χ1v) is 5.12. The molecule has 0 saturated heterocycles. The van der Waals surface area contributed by atoms with E-state index in [4.69, 9.17) is 10.8 Å². The number of nitrogens with one attached hydrogen (secondary N) is 1. The van der Waals surface area contributed by atoms with Gasteiger partial charge in [0, 0.05) is 6.42 Å². The van der Waals surface area contributed by atoms with Crippen molar-refractivity contribution in [1.29, 1.82) is 0 Å². The first-order chi connectivity index (χ1) is 7.70. The predicted molar refractivity (Wildman–Crippen MR) is 58.5 cm³/mol. The van der Waals surface area contributed by atoms with Crippen molar-refractivity contribution in [3.05, 3.63) is 0 Å². The second-order valence-electron chi connectivity index (χ2n) is 4.33. The Labute approximate surface area is 99.3 Å². The SMILES string of the molecule is CC(C)C(C)(CC(=O)NOCC(N)=O)C(=O)O. The molecule has 0 radical (unpaired) electrons. The summed E-state index contributed by atoms with van der Waals surface area (Å²) in [5.41, 5.74) is 5.59. The molecule has 0 aromatic carbocycles. The number of carboxylic acid groups (broad SMARTS) is 1. The smallest absolute Gasteiger partial charge is 0.310 e. The van der Waals surface area contributed by atoms with Crippen LogP contribution in [0.2, 0.25) is 0 Å². The van der Waals surface area contributed by atoms with Gasteiger partial charge in [-0.1, -0.05) is 13.8 Å². The molecular formula is C10H18N2O5. The van der Waals surface area contributed by atoms with Crippen LogP contribution in [0, 0.1) is 11.3 Å². The average Bonchev–Trinajstić information content (AvgIpc) is 2.15. The van der Waals surface area contributed by atoms with Crippen LogP contribution in [0.4, 0.5) is 0 Å². The van der Waals surface area contributed by atoms with Crippen molar-refractivity contribution >= 4 is 17.8 Å². The lowest BCUT2D eigenvalue weighted by Gasteiger charge is -2.28. The fourth-order valence-electron chi connectivity index (χ4n) is 1.08. The van der Waals surface area contributed by atoms with E-state index in [0.29, 0.717) is 0 Å². The van der Waals surface area contributed by atoms with Crippen LogP contribution in [0.5, 0.6) is 0 Å². The first-order valence-electron chi connectivity index (χ1n) is 5.12. The van der Waals surface area contributed by atoms with Crippen LogP contribution in [-0.4, -0.2) is 29.5 Å². The van der Waals surface area contributed by atoms with Crippen molar-refractivity contribution < 1.29 is 24.3 Å². The Balaban J connectivity index is 4.34. The maximum atomic E-state index is 11.4. The zero-order valence-electron chi connectivity index (χ0n) is 10.1. The fourth-order valence-corrected chi connectivity index (χ4v) is 1.08. The molecule has 0 aliphatic carbocycles. The minimum absolute atomic E-state index is 0.220. The first kappa shape index (κ1) is 15.4. The van der Waals surface area contributed by atoms with Gasteiger partial charge >= 0.3 is 5.97 Å². The van der Waals surface area contributed by atoms with E-state index < -0.39 is 29.8 Å². The largest absolute Gasteiger partial charge is 0.481 e. The van der Waals surface area contributed by atoms with Gasteiger partial charge in [-0.15, -0.1) is 0 Å². The second-order valence-corrected chi connectivity index (χ2v) is 4.33. The average molecular weight is 246 g/mol. The van der Waals surface area contributed by atoms with E-state index in [1.807, 2.05) is 5.48 Å². The highest BCUT2D eigenvalue weighted by molar-refractivity contribution is 5.84. The molecule has 7 heteroatoms. The minimum atomic E-state index is -1.18. The lowest BCUT2D eigenvalue weighted by molar-refractivity contribution is -0.156. The molecule has 1 atom stereocenters. The fraction of sp³-hybridized carbons (Fsp3) is 0.700. The number of hydrogen-bond donors (Lipinski definition) is 3. The Morgan fingerprint density at radius 2 is 1.94 bits per heavy atom.